The van der Waals surface area contributed by atoms with Crippen molar-refractivity contribution in [3.8, 4) is 5.75 Å². The summed E-state index contributed by atoms with van der Waals surface area (Å²) in [5.41, 5.74) is 0.963. The SMILES string of the molecule is Oc1c(F)cccc1CNc1c(Cl)cc(Br)cc1Cl. The van der Waals surface area contributed by atoms with Gasteiger partial charge in [0.1, 0.15) is 0 Å². The van der Waals surface area contributed by atoms with Gasteiger partial charge in [-0.05, 0) is 18.2 Å². The maximum Gasteiger partial charge on any atom is 0.165 e. The number of aromatic hydroxyl groups is 1. The number of hydrogen-bond acceptors (Lipinski definition) is 2. The zero-order valence-electron chi connectivity index (χ0n) is 9.55. The van der Waals surface area contributed by atoms with Gasteiger partial charge in [0.2, 0.25) is 0 Å². The number of anilines is 1. The molecular formula is C13H9BrCl2FNO. The minimum absolute atomic E-state index is 0.213. The monoisotopic (exact) mass is 363 g/mol. The van der Waals surface area contributed by atoms with Crippen molar-refractivity contribution < 1.29 is 9.50 Å². The minimum atomic E-state index is -0.660. The summed E-state index contributed by atoms with van der Waals surface area (Å²) in [4.78, 5) is 0. The van der Waals surface area contributed by atoms with E-state index < -0.39 is 5.82 Å². The first-order valence-electron chi connectivity index (χ1n) is 5.34. The number of phenols is 1. The largest absolute Gasteiger partial charge is 0.505 e. The lowest BCUT2D eigenvalue weighted by molar-refractivity contribution is 0.427. The minimum Gasteiger partial charge on any atom is -0.505 e. The van der Waals surface area contributed by atoms with E-state index in [4.69, 9.17) is 23.2 Å². The Morgan fingerprint density at radius 2 is 1.84 bits per heavy atom. The first kappa shape index (κ1) is 14.4. The summed E-state index contributed by atoms with van der Waals surface area (Å²) in [5.74, 6) is -1.04. The zero-order chi connectivity index (χ0) is 14.0. The van der Waals surface area contributed by atoms with E-state index in [0.717, 1.165) is 4.47 Å². The Labute approximate surface area is 128 Å². The van der Waals surface area contributed by atoms with Crippen LogP contribution in [-0.2, 0) is 6.54 Å². The summed E-state index contributed by atoms with van der Waals surface area (Å²) in [7, 11) is 0. The third-order valence-corrected chi connectivity index (χ3v) is 3.59. The number of rotatable bonds is 3. The van der Waals surface area contributed by atoms with Crippen molar-refractivity contribution in [2.75, 3.05) is 5.32 Å². The van der Waals surface area contributed by atoms with Crippen molar-refractivity contribution in [3.05, 3.63) is 56.2 Å². The van der Waals surface area contributed by atoms with Crippen LogP contribution in [0.4, 0.5) is 10.1 Å². The first-order chi connectivity index (χ1) is 8.99. The highest BCUT2D eigenvalue weighted by Gasteiger charge is 2.10. The molecule has 0 atom stereocenters. The summed E-state index contributed by atoms with van der Waals surface area (Å²) in [6, 6.07) is 7.73. The lowest BCUT2D eigenvalue weighted by atomic mass is 10.2. The van der Waals surface area contributed by atoms with E-state index in [1.165, 1.54) is 12.1 Å². The van der Waals surface area contributed by atoms with Gasteiger partial charge in [0.25, 0.3) is 0 Å². The molecule has 2 aromatic carbocycles. The highest BCUT2D eigenvalue weighted by atomic mass is 79.9. The lowest BCUT2D eigenvalue weighted by Gasteiger charge is -2.12. The molecule has 0 saturated heterocycles. The lowest BCUT2D eigenvalue weighted by Crippen LogP contribution is -2.01. The number of benzene rings is 2. The standard InChI is InChI=1S/C13H9BrCl2FNO/c14-8-4-9(15)12(10(16)5-8)18-6-7-2-1-3-11(17)13(7)19/h1-5,18-19H,6H2. The van der Waals surface area contributed by atoms with E-state index in [2.05, 4.69) is 21.2 Å². The topological polar surface area (TPSA) is 32.3 Å². The number of phenolic OH excluding ortho intramolecular Hbond substituents is 1. The molecule has 0 unspecified atom stereocenters. The summed E-state index contributed by atoms with van der Waals surface area (Å²) in [6.45, 7) is 0.213. The van der Waals surface area contributed by atoms with Crippen LogP contribution >= 0.6 is 39.1 Å². The zero-order valence-corrected chi connectivity index (χ0v) is 12.7. The molecule has 0 radical (unpaired) electrons. The molecule has 100 valence electrons. The van der Waals surface area contributed by atoms with Gasteiger partial charge in [-0.15, -0.1) is 0 Å². The molecule has 19 heavy (non-hydrogen) atoms. The Morgan fingerprint density at radius 1 is 1.21 bits per heavy atom. The molecule has 2 nitrogen and oxygen atoms in total. The van der Waals surface area contributed by atoms with Crippen LogP contribution in [-0.4, -0.2) is 5.11 Å². The van der Waals surface area contributed by atoms with Gasteiger partial charge in [0.05, 0.1) is 15.7 Å². The Hall–Kier alpha value is -0.970. The van der Waals surface area contributed by atoms with Crippen molar-refractivity contribution in [1.82, 2.24) is 0 Å². The molecule has 0 aliphatic heterocycles. The average Bonchev–Trinajstić information content (AvgIpc) is 2.33. The van der Waals surface area contributed by atoms with Crippen molar-refractivity contribution in [2.45, 2.75) is 6.54 Å². The fourth-order valence-electron chi connectivity index (χ4n) is 1.60. The molecule has 0 fully saturated rings. The van der Waals surface area contributed by atoms with Gasteiger partial charge in [0, 0.05) is 16.6 Å². The normalized spacial score (nSPS) is 10.5. The maximum absolute atomic E-state index is 13.2. The number of halogens is 4. The van der Waals surface area contributed by atoms with Gasteiger partial charge in [0.15, 0.2) is 11.6 Å². The molecule has 0 aliphatic rings. The second-order valence-corrected chi connectivity index (χ2v) is 5.58. The van der Waals surface area contributed by atoms with Crippen LogP contribution in [0.15, 0.2) is 34.8 Å². The predicted molar refractivity (Wildman–Crippen MR) is 79.6 cm³/mol. The molecule has 0 amide bonds. The first-order valence-corrected chi connectivity index (χ1v) is 6.88. The fourth-order valence-corrected chi connectivity index (χ4v) is 2.94. The molecule has 0 spiro atoms. The summed E-state index contributed by atoms with van der Waals surface area (Å²) in [6.07, 6.45) is 0. The van der Waals surface area contributed by atoms with Gasteiger partial charge < -0.3 is 10.4 Å². The van der Waals surface area contributed by atoms with Gasteiger partial charge in [-0.25, -0.2) is 4.39 Å². The van der Waals surface area contributed by atoms with E-state index >= 15 is 0 Å². The average molecular weight is 365 g/mol. The van der Waals surface area contributed by atoms with Crippen LogP contribution in [0.25, 0.3) is 0 Å². The van der Waals surface area contributed by atoms with E-state index in [1.54, 1.807) is 18.2 Å². The molecule has 0 saturated carbocycles. The maximum atomic E-state index is 13.2. The van der Waals surface area contributed by atoms with Gasteiger partial charge in [-0.2, -0.15) is 0 Å². The molecule has 0 aromatic heterocycles. The van der Waals surface area contributed by atoms with E-state index in [9.17, 15) is 9.50 Å². The Bertz CT molecular complexity index is 599. The molecule has 2 aromatic rings. The van der Waals surface area contributed by atoms with Crippen LogP contribution in [0.2, 0.25) is 10.0 Å². The molecule has 0 heterocycles. The number of para-hydroxylation sites is 1. The Kier molecular flexibility index (Phi) is 4.55. The quantitative estimate of drug-likeness (QED) is 0.783. The molecule has 2 rings (SSSR count). The highest BCUT2D eigenvalue weighted by Crippen LogP contribution is 2.34. The second-order valence-electron chi connectivity index (χ2n) is 3.85. The molecule has 0 aliphatic carbocycles. The van der Waals surface area contributed by atoms with E-state index in [1.807, 2.05) is 0 Å². The van der Waals surface area contributed by atoms with Gasteiger partial charge >= 0.3 is 0 Å². The van der Waals surface area contributed by atoms with E-state index in [0.29, 0.717) is 21.3 Å². The smallest absolute Gasteiger partial charge is 0.165 e. The van der Waals surface area contributed by atoms with Crippen LogP contribution in [0.1, 0.15) is 5.56 Å². The number of hydrogen-bond donors (Lipinski definition) is 2. The molecule has 0 bridgehead atoms. The summed E-state index contributed by atoms with van der Waals surface area (Å²) in [5, 5.41) is 13.4. The number of nitrogens with one attached hydrogen (secondary N) is 1. The Morgan fingerprint density at radius 3 is 2.47 bits per heavy atom. The molecule has 6 heteroatoms. The summed E-state index contributed by atoms with van der Waals surface area (Å²) < 4.78 is 13.9. The fraction of sp³-hybridized carbons (Fsp3) is 0.0769. The van der Waals surface area contributed by atoms with E-state index in [-0.39, 0.29) is 12.3 Å². The van der Waals surface area contributed by atoms with Crippen molar-refractivity contribution in [2.24, 2.45) is 0 Å². The van der Waals surface area contributed by atoms with Crippen LogP contribution < -0.4 is 5.32 Å². The van der Waals surface area contributed by atoms with Gasteiger partial charge in [-0.3, -0.25) is 0 Å². The summed E-state index contributed by atoms with van der Waals surface area (Å²) >= 11 is 15.4. The third-order valence-electron chi connectivity index (χ3n) is 2.53. The highest BCUT2D eigenvalue weighted by molar-refractivity contribution is 9.10. The van der Waals surface area contributed by atoms with Crippen LogP contribution in [0.5, 0.6) is 5.75 Å². The second kappa shape index (κ2) is 5.99. The third kappa shape index (κ3) is 3.32. The molecule has 2 N–H and O–H groups in total. The Balaban J connectivity index is 2.22. The van der Waals surface area contributed by atoms with Crippen molar-refractivity contribution in [1.29, 1.82) is 0 Å². The van der Waals surface area contributed by atoms with Gasteiger partial charge in [-0.1, -0.05) is 51.3 Å². The van der Waals surface area contributed by atoms with Crippen LogP contribution in [0.3, 0.4) is 0 Å². The molecular weight excluding hydrogens is 356 g/mol. The predicted octanol–water partition coefficient (Wildman–Crippen LogP) is 5.21. The van der Waals surface area contributed by atoms with Crippen LogP contribution in [0, 0.1) is 5.82 Å². The van der Waals surface area contributed by atoms with Crippen molar-refractivity contribution >= 4 is 44.8 Å². The van der Waals surface area contributed by atoms with Crippen molar-refractivity contribution in [3.63, 3.8) is 0 Å².